The molecule has 3 aromatic heterocycles. The van der Waals surface area contributed by atoms with Crippen LogP contribution in [0.15, 0.2) is 89.3 Å². The van der Waals surface area contributed by atoms with Gasteiger partial charge < -0.3 is 13.6 Å². The van der Waals surface area contributed by atoms with Gasteiger partial charge in [-0.3, -0.25) is 0 Å². The molecule has 0 unspecified atom stereocenters. The van der Waals surface area contributed by atoms with Crippen molar-refractivity contribution < 1.29 is 4.42 Å². The van der Waals surface area contributed by atoms with Gasteiger partial charge in [0.1, 0.15) is 5.58 Å². The lowest BCUT2D eigenvalue weighted by molar-refractivity contribution is 0.458. The van der Waals surface area contributed by atoms with Crippen molar-refractivity contribution in [3.05, 3.63) is 129 Å². The number of aromatic nitrogens is 2. The summed E-state index contributed by atoms with van der Waals surface area (Å²) in [5, 5.41) is 7.55. The van der Waals surface area contributed by atoms with Crippen molar-refractivity contribution in [2.45, 2.75) is 152 Å². The van der Waals surface area contributed by atoms with E-state index in [1.165, 1.54) is 107 Å². The van der Waals surface area contributed by atoms with Gasteiger partial charge in [0.05, 0.1) is 27.8 Å². The maximum Gasteiger partial charge on any atom is 0.159 e. The van der Waals surface area contributed by atoms with Gasteiger partial charge >= 0.3 is 0 Å². The molecule has 9 rings (SSSR count). The largest absolute Gasteiger partial charge is 0.454 e. The van der Waals surface area contributed by atoms with Crippen LogP contribution < -0.4 is 0 Å². The highest BCUT2D eigenvalue weighted by Gasteiger charge is 2.28. The van der Waals surface area contributed by atoms with E-state index in [2.05, 4.69) is 205 Å². The fourth-order valence-corrected chi connectivity index (χ4v) is 10.4. The smallest absolute Gasteiger partial charge is 0.159 e. The third-order valence-corrected chi connectivity index (χ3v) is 14.2. The summed E-state index contributed by atoms with van der Waals surface area (Å²) in [4.78, 5) is 0. The summed E-state index contributed by atoms with van der Waals surface area (Å²) in [5.74, 6) is 0. The van der Waals surface area contributed by atoms with E-state index in [-0.39, 0.29) is 21.7 Å². The Kier molecular flexibility index (Phi) is 9.57. The second-order valence-electron chi connectivity index (χ2n) is 22.6. The third-order valence-electron chi connectivity index (χ3n) is 14.2. The van der Waals surface area contributed by atoms with Crippen molar-refractivity contribution in [3.63, 3.8) is 0 Å². The SMILES string of the molecule is CCCCC(C)(C)c1cc(C)c2c(c1)c1cc(C(C)(C)C)cc(C)c1n2-c1ccc2oc3c(-n4c5c(C)cc(C(C)(C)C)cc5c5cc(C(C)(C)C)cc(C)c54)cccc3c2c1. The van der Waals surface area contributed by atoms with Crippen molar-refractivity contribution in [1.29, 1.82) is 0 Å². The highest BCUT2D eigenvalue weighted by atomic mass is 16.3. The van der Waals surface area contributed by atoms with E-state index in [0.717, 1.165) is 33.3 Å². The Balaban J connectivity index is 1.32. The second kappa shape index (κ2) is 14.1. The molecule has 0 saturated carbocycles. The first-order chi connectivity index (χ1) is 29.0. The molecule has 0 amide bonds. The molecule has 0 radical (unpaired) electrons. The predicted molar refractivity (Wildman–Crippen MR) is 270 cm³/mol. The number of fused-ring (bicyclic) bond motifs is 9. The predicted octanol–water partition coefficient (Wildman–Crippen LogP) is 17.4. The van der Waals surface area contributed by atoms with Gasteiger partial charge in [0.25, 0.3) is 0 Å². The molecular weight excluding hydrogens is 753 g/mol. The minimum atomic E-state index is 0.0242. The fourth-order valence-electron chi connectivity index (χ4n) is 10.4. The van der Waals surface area contributed by atoms with Crippen molar-refractivity contribution in [1.82, 2.24) is 9.13 Å². The monoisotopic (exact) mass is 821 g/mol. The molecule has 6 aromatic carbocycles. The average Bonchev–Trinajstić information content (AvgIpc) is 3.85. The van der Waals surface area contributed by atoms with Crippen molar-refractivity contribution in [2.75, 3.05) is 0 Å². The number of hydrogen-bond donors (Lipinski definition) is 0. The molecule has 0 aliphatic carbocycles. The summed E-state index contributed by atoms with van der Waals surface area (Å²) in [6.07, 6.45) is 3.61. The van der Waals surface area contributed by atoms with Gasteiger partial charge in [-0.1, -0.05) is 132 Å². The summed E-state index contributed by atoms with van der Waals surface area (Å²) >= 11 is 0. The number of para-hydroxylation sites is 1. The zero-order valence-electron chi connectivity index (χ0n) is 40.5. The van der Waals surface area contributed by atoms with Crippen LogP contribution >= 0.6 is 0 Å². The molecule has 3 heterocycles. The van der Waals surface area contributed by atoms with Crippen molar-refractivity contribution in [3.8, 4) is 11.4 Å². The maximum atomic E-state index is 7.04. The lowest BCUT2D eigenvalue weighted by Gasteiger charge is -2.26. The number of benzene rings is 6. The Morgan fingerprint density at radius 1 is 0.452 bits per heavy atom. The van der Waals surface area contributed by atoms with Crippen LogP contribution in [0.5, 0.6) is 0 Å². The van der Waals surface area contributed by atoms with E-state index in [4.69, 9.17) is 4.42 Å². The molecule has 0 atom stereocenters. The molecule has 320 valence electrons. The van der Waals surface area contributed by atoms with Crippen LogP contribution in [0.1, 0.15) is 147 Å². The van der Waals surface area contributed by atoms with Crippen LogP contribution in [0, 0.1) is 27.7 Å². The van der Waals surface area contributed by atoms with E-state index in [1.807, 2.05) is 0 Å². The minimum Gasteiger partial charge on any atom is -0.454 e. The third kappa shape index (κ3) is 6.60. The lowest BCUT2D eigenvalue weighted by Crippen LogP contribution is -2.17. The maximum absolute atomic E-state index is 7.04. The lowest BCUT2D eigenvalue weighted by atomic mass is 9.79. The molecule has 62 heavy (non-hydrogen) atoms. The molecular formula is C59H68N2O. The standard InChI is InChI=1S/C59H68N2O/c1-17-18-24-59(15,16)41-28-37(5)52-48(32-41)45-29-38(56(6,7)8)25-34(2)51(45)60(52)42-22-23-50-44(33-42)43-20-19-21-49(55(43)62-50)61-53-35(3)26-39(57(9,10)11)30-46(53)47-31-40(58(12,13)14)27-36(4)54(47)61/h19-23,25-33H,17-18,24H2,1-16H3. The Labute approximate surface area is 370 Å². The van der Waals surface area contributed by atoms with Gasteiger partial charge in [0, 0.05) is 38.0 Å². The summed E-state index contributed by atoms with van der Waals surface area (Å²) in [6.45, 7) is 37.2. The first-order valence-electron chi connectivity index (χ1n) is 23.2. The summed E-state index contributed by atoms with van der Waals surface area (Å²) in [5.41, 5.74) is 20.0. The van der Waals surface area contributed by atoms with Crippen LogP contribution in [-0.4, -0.2) is 9.13 Å². The average molecular weight is 821 g/mol. The van der Waals surface area contributed by atoms with Crippen molar-refractivity contribution in [2.24, 2.45) is 0 Å². The normalized spacial score (nSPS) is 13.4. The number of rotatable bonds is 6. The molecule has 3 heteroatoms. The van der Waals surface area contributed by atoms with Crippen LogP contribution in [-0.2, 0) is 21.7 Å². The van der Waals surface area contributed by atoms with Gasteiger partial charge in [-0.15, -0.1) is 0 Å². The van der Waals surface area contributed by atoms with Crippen LogP contribution in [0.25, 0.3) is 76.9 Å². The summed E-state index contributed by atoms with van der Waals surface area (Å²) in [7, 11) is 0. The summed E-state index contributed by atoms with van der Waals surface area (Å²) in [6, 6.07) is 33.2. The van der Waals surface area contributed by atoms with Crippen LogP contribution in [0.3, 0.4) is 0 Å². The number of nitrogens with zero attached hydrogens (tertiary/aromatic N) is 2. The number of aryl methyl sites for hydroxylation is 4. The zero-order chi connectivity index (χ0) is 44.6. The van der Waals surface area contributed by atoms with E-state index in [9.17, 15) is 0 Å². The second-order valence-corrected chi connectivity index (χ2v) is 22.6. The van der Waals surface area contributed by atoms with Gasteiger partial charge in [-0.05, 0) is 149 Å². The molecule has 0 spiro atoms. The Morgan fingerprint density at radius 2 is 0.887 bits per heavy atom. The van der Waals surface area contributed by atoms with E-state index in [0.29, 0.717) is 0 Å². The Morgan fingerprint density at radius 3 is 1.34 bits per heavy atom. The van der Waals surface area contributed by atoms with E-state index < -0.39 is 0 Å². The molecule has 0 aliphatic rings. The summed E-state index contributed by atoms with van der Waals surface area (Å²) < 4.78 is 12.1. The Bertz CT molecular complexity index is 3200. The van der Waals surface area contributed by atoms with Crippen LogP contribution in [0.2, 0.25) is 0 Å². The molecule has 0 bridgehead atoms. The van der Waals surface area contributed by atoms with E-state index in [1.54, 1.807) is 0 Å². The first kappa shape index (κ1) is 42.0. The van der Waals surface area contributed by atoms with Gasteiger partial charge in [0.15, 0.2) is 5.58 Å². The molecule has 0 N–H and O–H groups in total. The number of unbranched alkanes of at least 4 members (excludes halogenated alkanes) is 1. The molecule has 0 fully saturated rings. The quantitative estimate of drug-likeness (QED) is 0.164. The minimum absolute atomic E-state index is 0.0242. The van der Waals surface area contributed by atoms with Crippen LogP contribution in [0.4, 0.5) is 0 Å². The topological polar surface area (TPSA) is 23.0 Å². The molecule has 0 saturated heterocycles. The zero-order valence-corrected chi connectivity index (χ0v) is 40.5. The number of hydrogen-bond acceptors (Lipinski definition) is 1. The van der Waals surface area contributed by atoms with Gasteiger partial charge in [0.2, 0.25) is 0 Å². The molecule has 0 aliphatic heterocycles. The molecule has 3 nitrogen and oxygen atoms in total. The first-order valence-corrected chi connectivity index (χ1v) is 23.2. The highest BCUT2D eigenvalue weighted by Crippen LogP contribution is 2.45. The fraction of sp³-hybridized carbons (Fsp3) is 0.390. The Hall–Kier alpha value is -5.28. The molecule has 9 aromatic rings. The van der Waals surface area contributed by atoms with Crippen molar-refractivity contribution >= 4 is 65.6 Å². The van der Waals surface area contributed by atoms with Gasteiger partial charge in [-0.2, -0.15) is 0 Å². The number of furan rings is 1. The van der Waals surface area contributed by atoms with E-state index >= 15 is 0 Å². The highest BCUT2D eigenvalue weighted by molar-refractivity contribution is 6.16. The van der Waals surface area contributed by atoms with Gasteiger partial charge in [-0.25, -0.2) is 0 Å².